The molecule has 37 heavy (non-hydrogen) atoms. The molecule has 4 heterocycles. The number of carbonyl (C=O) groups is 1. The van der Waals surface area contributed by atoms with Crippen LogP contribution in [-0.4, -0.2) is 58.8 Å². The number of fused-ring (bicyclic) bond motifs is 1. The first-order valence-corrected chi connectivity index (χ1v) is 11.3. The zero-order valence-electron chi connectivity index (χ0n) is 19.2. The van der Waals surface area contributed by atoms with E-state index in [0.29, 0.717) is 5.69 Å². The molecule has 1 aromatic carbocycles. The molecule has 14 heteroatoms. The number of nitrogens with zero attached hydrogens (tertiary/aromatic N) is 7. The predicted molar refractivity (Wildman–Crippen MR) is 126 cm³/mol. The number of benzene rings is 1. The number of halogens is 4. The Bertz CT molecular complexity index is 1560. The highest BCUT2D eigenvalue weighted by atomic mass is 35.5. The first-order valence-electron chi connectivity index (χ1n) is 10.9. The van der Waals surface area contributed by atoms with Crippen LogP contribution in [0.25, 0.3) is 16.9 Å². The summed E-state index contributed by atoms with van der Waals surface area (Å²) in [4.78, 5) is 22.6. The third kappa shape index (κ3) is 4.56. The van der Waals surface area contributed by atoms with E-state index in [4.69, 9.17) is 16.9 Å². The Morgan fingerprint density at radius 1 is 1.32 bits per heavy atom. The number of likely N-dealkylation sites (tertiary alicyclic amines) is 1. The highest BCUT2D eigenvalue weighted by molar-refractivity contribution is 6.34. The Morgan fingerprint density at radius 2 is 2.08 bits per heavy atom. The van der Waals surface area contributed by atoms with Gasteiger partial charge in [-0.05, 0) is 25.1 Å². The molecule has 190 valence electrons. The molecule has 1 aliphatic heterocycles. The summed E-state index contributed by atoms with van der Waals surface area (Å²) in [7, 11) is 0. The van der Waals surface area contributed by atoms with Crippen LogP contribution in [-0.2, 0) is 12.7 Å². The second-order valence-electron chi connectivity index (χ2n) is 8.84. The van der Waals surface area contributed by atoms with E-state index in [-0.39, 0.29) is 58.8 Å². The molecule has 5 rings (SSSR count). The van der Waals surface area contributed by atoms with Gasteiger partial charge in [-0.25, -0.2) is 9.97 Å². The van der Waals surface area contributed by atoms with Gasteiger partial charge >= 0.3 is 6.18 Å². The van der Waals surface area contributed by atoms with E-state index in [1.54, 1.807) is 19.1 Å². The molecule has 3 aromatic heterocycles. The molecule has 1 amide bonds. The first-order chi connectivity index (χ1) is 17.5. The van der Waals surface area contributed by atoms with Crippen LogP contribution >= 0.6 is 11.6 Å². The molecule has 0 unspecified atom stereocenters. The lowest BCUT2D eigenvalue weighted by atomic mass is 9.96. The molecule has 1 saturated heterocycles. The van der Waals surface area contributed by atoms with E-state index in [1.165, 1.54) is 40.0 Å². The standard InChI is InChI=1S/C23H18ClF3N8O2/c1-22(37)11-33(12-22)21(36)14-3-2-13(8-16(14)24)31-19-20-30-9-17(35(20)7-5-29-19)15-10-34(6-4-28)32-18(15)23(25,26)27/h2-3,5,7-10,37H,6,11-12H2,1H3,(H,29,31). The molecule has 0 bridgehead atoms. The van der Waals surface area contributed by atoms with Crippen molar-refractivity contribution < 1.29 is 23.1 Å². The normalized spacial score (nSPS) is 14.9. The number of alkyl halides is 3. The second kappa shape index (κ2) is 8.75. The fraction of sp³-hybridized carbons (Fsp3) is 0.261. The minimum atomic E-state index is -4.74. The van der Waals surface area contributed by atoms with Crippen LogP contribution < -0.4 is 5.32 Å². The number of aliphatic hydroxyl groups is 1. The smallest absolute Gasteiger partial charge is 0.386 e. The first kappa shape index (κ1) is 24.5. The van der Waals surface area contributed by atoms with Crippen LogP contribution in [0.2, 0.25) is 5.02 Å². The van der Waals surface area contributed by atoms with Crippen LogP contribution in [0.5, 0.6) is 0 Å². The third-order valence-corrected chi connectivity index (χ3v) is 6.09. The van der Waals surface area contributed by atoms with E-state index in [9.17, 15) is 23.1 Å². The summed E-state index contributed by atoms with van der Waals surface area (Å²) < 4.78 is 43.3. The molecule has 4 aromatic rings. The third-order valence-electron chi connectivity index (χ3n) is 5.78. The minimum absolute atomic E-state index is 0.112. The number of nitrogens with one attached hydrogen (secondary N) is 1. The van der Waals surface area contributed by atoms with Crippen molar-refractivity contribution in [3.8, 4) is 17.3 Å². The van der Waals surface area contributed by atoms with E-state index < -0.39 is 17.5 Å². The van der Waals surface area contributed by atoms with Gasteiger partial charge in [-0.15, -0.1) is 0 Å². The van der Waals surface area contributed by atoms with Crippen LogP contribution in [0.15, 0.2) is 43.0 Å². The molecular formula is C23H18ClF3N8O2. The van der Waals surface area contributed by atoms with E-state index in [2.05, 4.69) is 20.4 Å². The minimum Gasteiger partial charge on any atom is -0.386 e. The van der Waals surface area contributed by atoms with E-state index in [1.807, 2.05) is 0 Å². The van der Waals surface area contributed by atoms with Crippen molar-refractivity contribution in [2.75, 3.05) is 18.4 Å². The largest absolute Gasteiger partial charge is 0.435 e. The molecule has 0 aliphatic carbocycles. The predicted octanol–water partition coefficient (Wildman–Crippen LogP) is 3.74. The van der Waals surface area contributed by atoms with Gasteiger partial charge in [0, 0.05) is 24.3 Å². The molecule has 2 N–H and O–H groups in total. The lowest BCUT2D eigenvalue weighted by Crippen LogP contribution is -2.61. The van der Waals surface area contributed by atoms with Gasteiger partial charge in [0.25, 0.3) is 5.91 Å². The Hall–Kier alpha value is -4.15. The summed E-state index contributed by atoms with van der Waals surface area (Å²) >= 11 is 6.35. The van der Waals surface area contributed by atoms with E-state index >= 15 is 0 Å². The number of hydrogen-bond acceptors (Lipinski definition) is 7. The summed E-state index contributed by atoms with van der Waals surface area (Å²) in [5.41, 5.74) is -1.19. The zero-order valence-corrected chi connectivity index (χ0v) is 19.9. The Labute approximate surface area is 212 Å². The molecule has 10 nitrogen and oxygen atoms in total. The number of β-amino-alcohol motifs (C(OH)–C–C–N with tert-alkyl or cyclic N) is 1. The zero-order chi connectivity index (χ0) is 26.5. The highest BCUT2D eigenvalue weighted by Gasteiger charge is 2.40. The van der Waals surface area contributed by atoms with Crippen molar-refractivity contribution in [1.29, 1.82) is 5.26 Å². The fourth-order valence-corrected chi connectivity index (χ4v) is 4.43. The average molecular weight is 531 g/mol. The summed E-state index contributed by atoms with van der Waals surface area (Å²) in [6.45, 7) is 1.72. The number of nitriles is 1. The average Bonchev–Trinajstić information content (AvgIpc) is 3.42. The quantitative estimate of drug-likeness (QED) is 0.403. The topological polar surface area (TPSA) is 124 Å². The van der Waals surface area contributed by atoms with Gasteiger partial charge in [-0.1, -0.05) is 11.6 Å². The maximum atomic E-state index is 13.6. The number of amides is 1. The van der Waals surface area contributed by atoms with Crippen LogP contribution in [0, 0.1) is 11.3 Å². The number of rotatable bonds is 5. The SMILES string of the molecule is CC1(O)CN(C(=O)c2ccc(Nc3nccn4c(-c5cn(CC#N)nc5C(F)(F)F)cnc34)cc2Cl)C1. The lowest BCUT2D eigenvalue weighted by molar-refractivity contribution is -0.141. The molecular weight excluding hydrogens is 513 g/mol. The van der Waals surface area contributed by atoms with Gasteiger partial charge in [0.05, 0.1) is 52.8 Å². The van der Waals surface area contributed by atoms with Crippen LogP contribution in [0.1, 0.15) is 23.0 Å². The Balaban J connectivity index is 1.45. The van der Waals surface area contributed by atoms with Gasteiger partial charge in [0.15, 0.2) is 17.2 Å². The van der Waals surface area contributed by atoms with Crippen molar-refractivity contribution in [1.82, 2.24) is 29.0 Å². The number of aromatic nitrogens is 5. The highest BCUT2D eigenvalue weighted by Crippen LogP contribution is 2.37. The Kier molecular flexibility index (Phi) is 5.81. The number of hydrogen-bond donors (Lipinski definition) is 2. The molecule has 0 spiro atoms. The Morgan fingerprint density at radius 3 is 2.73 bits per heavy atom. The number of carbonyl (C=O) groups excluding carboxylic acids is 1. The summed E-state index contributed by atoms with van der Waals surface area (Å²) in [5, 5.41) is 25.5. The molecule has 0 radical (unpaired) electrons. The van der Waals surface area contributed by atoms with Crippen molar-refractivity contribution >= 4 is 34.7 Å². The molecule has 0 saturated carbocycles. The summed E-state index contributed by atoms with van der Waals surface area (Å²) in [6.07, 6.45) is 0.526. The van der Waals surface area contributed by atoms with Crippen molar-refractivity contribution in [2.24, 2.45) is 0 Å². The van der Waals surface area contributed by atoms with Gasteiger partial charge < -0.3 is 15.3 Å². The van der Waals surface area contributed by atoms with Gasteiger partial charge in [-0.3, -0.25) is 13.9 Å². The monoisotopic (exact) mass is 530 g/mol. The van der Waals surface area contributed by atoms with Crippen molar-refractivity contribution in [2.45, 2.75) is 25.2 Å². The summed E-state index contributed by atoms with van der Waals surface area (Å²) in [6, 6.07) is 6.44. The van der Waals surface area contributed by atoms with Crippen LogP contribution in [0.4, 0.5) is 24.7 Å². The fourth-order valence-electron chi connectivity index (χ4n) is 4.17. The summed E-state index contributed by atoms with van der Waals surface area (Å²) in [5.74, 6) is -0.0701. The van der Waals surface area contributed by atoms with Crippen LogP contribution in [0.3, 0.4) is 0 Å². The molecule has 1 aliphatic rings. The molecule has 0 atom stereocenters. The van der Waals surface area contributed by atoms with Crippen molar-refractivity contribution in [3.05, 3.63) is 59.3 Å². The van der Waals surface area contributed by atoms with Gasteiger partial charge in [0.2, 0.25) is 0 Å². The second-order valence-corrected chi connectivity index (χ2v) is 9.24. The number of imidazole rings is 1. The van der Waals surface area contributed by atoms with Gasteiger partial charge in [0.1, 0.15) is 6.54 Å². The maximum absolute atomic E-state index is 13.6. The molecule has 1 fully saturated rings. The van der Waals surface area contributed by atoms with Crippen molar-refractivity contribution in [3.63, 3.8) is 0 Å². The maximum Gasteiger partial charge on any atom is 0.435 e. The lowest BCUT2D eigenvalue weighted by Gasteiger charge is -2.44. The van der Waals surface area contributed by atoms with E-state index in [0.717, 1.165) is 10.9 Å². The van der Waals surface area contributed by atoms with Gasteiger partial charge in [-0.2, -0.15) is 23.5 Å². The number of anilines is 2.